The number of thiophene rings is 1. The van der Waals surface area contributed by atoms with Gasteiger partial charge in [-0.1, -0.05) is 0 Å². The van der Waals surface area contributed by atoms with Crippen molar-refractivity contribution in [1.82, 2.24) is 0 Å². The summed E-state index contributed by atoms with van der Waals surface area (Å²) in [5.41, 5.74) is 0. The zero-order chi connectivity index (χ0) is 8.43. The van der Waals surface area contributed by atoms with Gasteiger partial charge in [-0.3, -0.25) is 0 Å². The zero-order valence-corrected chi connectivity index (χ0v) is 8.37. The van der Waals surface area contributed by atoms with Crippen LogP contribution in [-0.4, -0.2) is 5.97 Å². The van der Waals surface area contributed by atoms with Gasteiger partial charge in [0.05, 0.1) is 4.47 Å². The van der Waals surface area contributed by atoms with Gasteiger partial charge in [0.1, 0.15) is 11.7 Å². The lowest BCUT2D eigenvalue weighted by Crippen LogP contribution is -2.21. The van der Waals surface area contributed by atoms with Crippen molar-refractivity contribution in [2.45, 2.75) is 12.7 Å². The van der Waals surface area contributed by atoms with Gasteiger partial charge in [-0.25, -0.2) is 0 Å². The highest BCUT2D eigenvalue weighted by atomic mass is 79.9. The van der Waals surface area contributed by atoms with E-state index in [0.29, 0.717) is 4.88 Å². The third-order valence-electron chi connectivity index (χ3n) is 1.32. The Balaban J connectivity index is 3.12. The summed E-state index contributed by atoms with van der Waals surface area (Å²) in [5, 5.41) is 12.4. The van der Waals surface area contributed by atoms with Crippen LogP contribution in [0.5, 0.6) is 0 Å². The van der Waals surface area contributed by atoms with Crippen LogP contribution in [-0.2, 0) is 5.75 Å². The molecule has 1 atom stereocenters. The van der Waals surface area contributed by atoms with Crippen molar-refractivity contribution < 1.29 is 9.90 Å². The number of halogens is 1. The van der Waals surface area contributed by atoms with E-state index in [2.05, 4.69) is 15.9 Å². The molecule has 0 amide bonds. The van der Waals surface area contributed by atoms with Crippen LogP contribution in [0.3, 0.4) is 0 Å². The van der Waals surface area contributed by atoms with Crippen LogP contribution in [0.1, 0.15) is 16.6 Å². The molecule has 0 aromatic carbocycles. The molecule has 1 aromatic rings. The van der Waals surface area contributed by atoms with Crippen molar-refractivity contribution in [3.05, 3.63) is 20.8 Å². The lowest BCUT2D eigenvalue weighted by atomic mass is 10.5. The van der Waals surface area contributed by atoms with Gasteiger partial charge in [0.25, 0.3) is 0 Å². The topological polar surface area (TPSA) is 40.1 Å². The molecule has 0 N–H and O–H groups in total. The van der Waals surface area contributed by atoms with Gasteiger partial charge in [0, 0.05) is 6.07 Å². The molecular formula is C7H7BrO2S. The normalized spacial score (nSPS) is 11.6. The number of carbonyl (C=O) groups is 1. The Labute approximate surface area is 76.0 Å². The van der Waals surface area contributed by atoms with Crippen LogP contribution < -0.4 is 5.11 Å². The first kappa shape index (κ1) is 8.74. The molecule has 0 aliphatic heterocycles. The number of aryl methyl sites for hydroxylation is 1. The summed E-state index contributed by atoms with van der Waals surface area (Å²) in [6.07, 6.45) is 0. The summed E-state index contributed by atoms with van der Waals surface area (Å²) in [6, 6.07) is 1.61. The monoisotopic (exact) mass is 234 g/mol. The molecule has 0 radical (unpaired) electrons. The van der Waals surface area contributed by atoms with E-state index in [4.69, 9.17) is 0 Å². The Kier molecular flexibility index (Phi) is 2.67. The molecule has 1 rings (SSSR count). The maximum atomic E-state index is 10.5. The van der Waals surface area contributed by atoms with Gasteiger partial charge < -0.3 is 9.90 Å². The van der Waals surface area contributed by atoms with Gasteiger partial charge in [-0.15, -0.1) is 0 Å². The minimum absolute atomic E-state index is 0.242. The molecule has 1 unspecified atom stereocenters. The molecule has 4 heteroatoms. The largest absolute Gasteiger partial charge is 0.540 e. The van der Waals surface area contributed by atoms with E-state index in [1.54, 1.807) is 6.07 Å². The van der Waals surface area contributed by atoms with Crippen molar-refractivity contribution >= 4 is 32.4 Å². The minimum Gasteiger partial charge on any atom is -0.540 e. The van der Waals surface area contributed by atoms with E-state index in [1.807, 2.05) is 12.3 Å². The minimum atomic E-state index is -1.05. The number of aromatic carboxylic acids is 1. The molecule has 2 nitrogen and oxygen atoms in total. The number of carboxylic acids is 1. The summed E-state index contributed by atoms with van der Waals surface area (Å²) in [5.74, 6) is -0.226. The molecule has 0 spiro atoms. The van der Waals surface area contributed by atoms with E-state index < -0.39 is 5.97 Å². The molecule has 0 bridgehead atoms. The van der Waals surface area contributed by atoms with Crippen molar-refractivity contribution in [2.75, 3.05) is 0 Å². The van der Waals surface area contributed by atoms with E-state index in [-0.39, 0.29) is 10.5 Å². The molecule has 0 saturated carbocycles. The van der Waals surface area contributed by atoms with E-state index in [1.165, 1.54) is 0 Å². The molecule has 0 fully saturated rings. The fraction of sp³-hybridized carbons (Fsp3) is 0.286. The molecule has 1 aromatic heterocycles. The highest BCUT2D eigenvalue weighted by molar-refractivity contribution is 9.10. The summed E-state index contributed by atoms with van der Waals surface area (Å²) >= 11 is 3.23. The van der Waals surface area contributed by atoms with Crippen LogP contribution >= 0.6 is 26.4 Å². The number of carbonyl (C=O) groups excluding carboxylic acids is 1. The van der Waals surface area contributed by atoms with Gasteiger partial charge >= 0.3 is 0 Å². The maximum absolute atomic E-state index is 10.5. The SMILES string of the molecule is CC[s+]1cc(Br)cc1C(=O)[O-]. The molecular weight excluding hydrogens is 228 g/mol. The first-order valence-corrected chi connectivity index (χ1v) is 5.40. The molecule has 0 saturated heterocycles. The second kappa shape index (κ2) is 3.36. The second-order valence-corrected chi connectivity index (χ2v) is 5.04. The van der Waals surface area contributed by atoms with Gasteiger partial charge in [0.2, 0.25) is 0 Å². The van der Waals surface area contributed by atoms with Crippen LogP contribution in [0.2, 0.25) is 0 Å². The summed E-state index contributed by atoms with van der Waals surface area (Å²) in [7, 11) is -0.242. The van der Waals surface area contributed by atoms with Crippen LogP contribution in [0.25, 0.3) is 0 Å². The molecule has 11 heavy (non-hydrogen) atoms. The van der Waals surface area contributed by atoms with Gasteiger partial charge in [-0.05, 0) is 33.3 Å². The highest BCUT2D eigenvalue weighted by Gasteiger charge is 2.14. The Morgan fingerprint density at radius 3 is 2.82 bits per heavy atom. The lowest BCUT2D eigenvalue weighted by Gasteiger charge is -1.92. The number of rotatable bonds is 2. The number of carboxylic acid groups (broad SMARTS) is 1. The maximum Gasteiger partial charge on any atom is 0.197 e. The Bertz CT molecular complexity index is 280. The summed E-state index contributed by atoms with van der Waals surface area (Å²) < 4.78 is 0.849. The summed E-state index contributed by atoms with van der Waals surface area (Å²) in [6.45, 7) is 1.96. The predicted molar refractivity (Wildman–Crippen MR) is 46.6 cm³/mol. The van der Waals surface area contributed by atoms with Gasteiger partial charge in [0.15, 0.2) is 10.3 Å². The van der Waals surface area contributed by atoms with Gasteiger partial charge in [-0.2, -0.15) is 0 Å². The third kappa shape index (κ3) is 1.81. The van der Waals surface area contributed by atoms with Crippen LogP contribution in [0, 0.1) is 0 Å². The average molecular weight is 235 g/mol. The standard InChI is InChI=1S/C7H7BrO2S/c1-2-11-4-5(8)3-6(11)7(9)10/h3-4H,2H2,1H3. The quantitative estimate of drug-likeness (QED) is 0.730. The fourth-order valence-electron chi connectivity index (χ4n) is 0.839. The van der Waals surface area contributed by atoms with E-state index >= 15 is 0 Å². The Hall–Kier alpha value is -0.350. The predicted octanol–water partition coefficient (Wildman–Crippen LogP) is 1.58. The first-order chi connectivity index (χ1) is 5.15. The summed E-state index contributed by atoms with van der Waals surface area (Å²) in [4.78, 5) is 10.9. The smallest absolute Gasteiger partial charge is 0.197 e. The average Bonchev–Trinajstić information content (AvgIpc) is 2.30. The Morgan fingerprint density at radius 1 is 1.82 bits per heavy atom. The van der Waals surface area contributed by atoms with Crippen molar-refractivity contribution in [2.24, 2.45) is 0 Å². The zero-order valence-electron chi connectivity index (χ0n) is 5.96. The van der Waals surface area contributed by atoms with Crippen molar-refractivity contribution in [3.63, 3.8) is 0 Å². The molecule has 1 heterocycles. The number of hydrogen-bond acceptors (Lipinski definition) is 2. The third-order valence-corrected chi connectivity index (χ3v) is 4.09. The number of hydrogen-bond donors (Lipinski definition) is 0. The van der Waals surface area contributed by atoms with E-state index in [9.17, 15) is 9.90 Å². The van der Waals surface area contributed by atoms with E-state index in [0.717, 1.165) is 10.2 Å². The first-order valence-electron chi connectivity index (χ1n) is 3.15. The molecule has 0 aliphatic carbocycles. The fourth-order valence-corrected chi connectivity index (χ4v) is 3.33. The van der Waals surface area contributed by atoms with Crippen molar-refractivity contribution in [3.8, 4) is 0 Å². The van der Waals surface area contributed by atoms with Crippen molar-refractivity contribution in [1.29, 1.82) is 0 Å². The lowest BCUT2D eigenvalue weighted by molar-refractivity contribution is -0.254. The molecule has 60 valence electrons. The van der Waals surface area contributed by atoms with Crippen LogP contribution in [0.15, 0.2) is 15.9 Å². The Morgan fingerprint density at radius 2 is 2.45 bits per heavy atom. The van der Waals surface area contributed by atoms with Crippen LogP contribution in [0.4, 0.5) is 0 Å². The second-order valence-electron chi connectivity index (χ2n) is 2.02. The highest BCUT2D eigenvalue weighted by Crippen LogP contribution is 2.30. The molecule has 0 aliphatic rings.